The number of aromatic amines is 2. The Balaban J connectivity index is 1.55. The largest absolute Gasteiger partial charge is 0.467 e. The number of aromatic nitrogens is 3. The summed E-state index contributed by atoms with van der Waals surface area (Å²) >= 11 is 0. The quantitative estimate of drug-likeness (QED) is 0.588. The predicted molar refractivity (Wildman–Crippen MR) is 103 cm³/mol. The van der Waals surface area contributed by atoms with Crippen LogP contribution in [0.5, 0.6) is 0 Å². The first kappa shape index (κ1) is 16.1. The second-order valence-corrected chi connectivity index (χ2v) is 7.12. The molecule has 136 valence electrons. The van der Waals surface area contributed by atoms with Gasteiger partial charge in [-0.1, -0.05) is 12.1 Å². The molecule has 5 rings (SSSR count). The van der Waals surface area contributed by atoms with Crippen molar-refractivity contribution in [2.24, 2.45) is 0 Å². The fraction of sp³-hybridized carbons (Fsp3) is 0.238. The van der Waals surface area contributed by atoms with Gasteiger partial charge in [0.25, 0.3) is 5.56 Å². The maximum atomic E-state index is 12.7. The lowest BCUT2D eigenvalue weighted by Crippen LogP contribution is -2.37. The van der Waals surface area contributed by atoms with Crippen LogP contribution >= 0.6 is 0 Å². The van der Waals surface area contributed by atoms with Crippen molar-refractivity contribution in [3.8, 4) is 0 Å². The van der Waals surface area contributed by atoms with Gasteiger partial charge < -0.3 is 14.4 Å². The van der Waals surface area contributed by atoms with Crippen LogP contribution in [-0.2, 0) is 13.0 Å². The minimum atomic E-state index is -0.0943. The van der Waals surface area contributed by atoms with Crippen molar-refractivity contribution in [2.75, 3.05) is 6.54 Å². The minimum absolute atomic E-state index is 0.0425. The van der Waals surface area contributed by atoms with Crippen LogP contribution < -0.4 is 5.56 Å². The first-order valence-electron chi connectivity index (χ1n) is 9.11. The lowest BCUT2D eigenvalue weighted by atomic mass is 9.99. The summed E-state index contributed by atoms with van der Waals surface area (Å²) in [6.45, 7) is 3.39. The minimum Gasteiger partial charge on any atom is -0.467 e. The highest BCUT2D eigenvalue weighted by Gasteiger charge is 2.33. The average Bonchev–Trinajstić information content (AvgIpc) is 3.34. The molecule has 0 radical (unpaired) electrons. The molecule has 3 aromatic heterocycles. The van der Waals surface area contributed by atoms with Crippen LogP contribution in [0, 0.1) is 6.92 Å². The van der Waals surface area contributed by atoms with Crippen molar-refractivity contribution in [1.82, 2.24) is 19.9 Å². The molecular weight excluding hydrogens is 340 g/mol. The summed E-state index contributed by atoms with van der Waals surface area (Å²) in [6, 6.07) is 11.9. The molecule has 4 aromatic rings. The van der Waals surface area contributed by atoms with Gasteiger partial charge in [-0.2, -0.15) is 0 Å². The van der Waals surface area contributed by atoms with E-state index in [0.717, 1.165) is 52.1 Å². The van der Waals surface area contributed by atoms with E-state index >= 15 is 0 Å². The Labute approximate surface area is 155 Å². The van der Waals surface area contributed by atoms with Crippen LogP contribution in [0.15, 0.2) is 58.2 Å². The lowest BCUT2D eigenvalue weighted by Gasteiger charge is -2.33. The van der Waals surface area contributed by atoms with Crippen molar-refractivity contribution in [2.45, 2.75) is 25.9 Å². The third-order valence-corrected chi connectivity index (χ3v) is 5.29. The number of H-pyrrole nitrogens is 2. The number of aryl methyl sites for hydroxylation is 1. The number of imidazole rings is 1. The molecular formula is C21H20N4O2. The molecule has 0 amide bonds. The maximum Gasteiger partial charge on any atom is 0.252 e. The number of benzene rings is 1. The van der Waals surface area contributed by atoms with Crippen LogP contribution in [-0.4, -0.2) is 26.4 Å². The second kappa shape index (κ2) is 6.25. The van der Waals surface area contributed by atoms with Gasteiger partial charge in [-0.15, -0.1) is 0 Å². The Morgan fingerprint density at radius 1 is 1.30 bits per heavy atom. The van der Waals surface area contributed by atoms with Gasteiger partial charge in [0.05, 0.1) is 18.3 Å². The molecule has 1 aliphatic rings. The monoisotopic (exact) mass is 360 g/mol. The SMILES string of the molecule is Cc1ccc2cc(CN3CCc4[nH]cnc4[C@@H]3c3ccco3)c(=O)[nH]c2c1. The van der Waals surface area contributed by atoms with Crippen molar-refractivity contribution in [1.29, 1.82) is 0 Å². The Bertz CT molecular complexity index is 1160. The summed E-state index contributed by atoms with van der Waals surface area (Å²) in [6.07, 6.45) is 4.28. The van der Waals surface area contributed by atoms with Crippen molar-refractivity contribution >= 4 is 10.9 Å². The van der Waals surface area contributed by atoms with E-state index in [4.69, 9.17) is 4.42 Å². The molecule has 4 heterocycles. The summed E-state index contributed by atoms with van der Waals surface area (Å²) < 4.78 is 5.70. The summed E-state index contributed by atoms with van der Waals surface area (Å²) in [5.74, 6) is 0.843. The molecule has 0 saturated carbocycles. The van der Waals surface area contributed by atoms with Crippen LogP contribution in [0.4, 0.5) is 0 Å². The lowest BCUT2D eigenvalue weighted by molar-refractivity contribution is 0.178. The zero-order valence-electron chi connectivity index (χ0n) is 15.0. The fourth-order valence-corrected chi connectivity index (χ4v) is 3.95. The van der Waals surface area contributed by atoms with E-state index in [1.807, 2.05) is 31.2 Å². The van der Waals surface area contributed by atoms with Gasteiger partial charge in [0.2, 0.25) is 0 Å². The molecule has 0 spiro atoms. The summed E-state index contributed by atoms with van der Waals surface area (Å²) in [5, 5.41) is 1.04. The molecule has 6 heteroatoms. The first-order valence-corrected chi connectivity index (χ1v) is 9.11. The number of fused-ring (bicyclic) bond motifs is 2. The van der Waals surface area contributed by atoms with E-state index in [2.05, 4.69) is 32.0 Å². The zero-order valence-corrected chi connectivity index (χ0v) is 15.0. The first-order chi connectivity index (χ1) is 13.2. The average molecular weight is 360 g/mol. The number of nitrogens with one attached hydrogen (secondary N) is 2. The zero-order chi connectivity index (χ0) is 18.4. The van der Waals surface area contributed by atoms with Gasteiger partial charge in [0.15, 0.2) is 0 Å². The van der Waals surface area contributed by atoms with E-state index < -0.39 is 0 Å². The molecule has 0 bridgehead atoms. The topological polar surface area (TPSA) is 77.9 Å². The highest BCUT2D eigenvalue weighted by Crippen LogP contribution is 2.34. The van der Waals surface area contributed by atoms with Gasteiger partial charge in [0.1, 0.15) is 11.8 Å². The third kappa shape index (κ3) is 2.78. The summed E-state index contributed by atoms with van der Waals surface area (Å²) in [7, 11) is 0. The van der Waals surface area contributed by atoms with Crippen LogP contribution in [0.2, 0.25) is 0 Å². The highest BCUT2D eigenvalue weighted by molar-refractivity contribution is 5.79. The van der Waals surface area contributed by atoms with Crippen LogP contribution in [0.3, 0.4) is 0 Å². The van der Waals surface area contributed by atoms with E-state index in [1.54, 1.807) is 12.6 Å². The normalized spacial score (nSPS) is 17.3. The number of hydrogen-bond donors (Lipinski definition) is 2. The van der Waals surface area contributed by atoms with Crippen LogP contribution in [0.1, 0.15) is 34.3 Å². The molecule has 1 aliphatic heterocycles. The number of hydrogen-bond acceptors (Lipinski definition) is 4. The van der Waals surface area contributed by atoms with Crippen LogP contribution in [0.25, 0.3) is 10.9 Å². The second-order valence-electron chi connectivity index (χ2n) is 7.12. The Morgan fingerprint density at radius 3 is 3.07 bits per heavy atom. The van der Waals surface area contributed by atoms with Gasteiger partial charge in [-0.25, -0.2) is 4.98 Å². The molecule has 1 atom stereocenters. The maximum absolute atomic E-state index is 12.7. The molecule has 0 fully saturated rings. The standard InChI is InChI=1S/C21H20N4O2/c1-13-4-5-14-10-15(21(26)24-17(14)9-13)11-25-7-6-16-19(23-12-22-16)20(25)18-3-2-8-27-18/h2-5,8-10,12,20H,6-7,11H2,1H3,(H,22,23)(H,24,26)/t20-/m0/s1. The van der Waals surface area contributed by atoms with Gasteiger partial charge in [-0.3, -0.25) is 9.69 Å². The highest BCUT2D eigenvalue weighted by atomic mass is 16.3. The molecule has 1 aromatic carbocycles. The molecule has 27 heavy (non-hydrogen) atoms. The third-order valence-electron chi connectivity index (χ3n) is 5.29. The van der Waals surface area contributed by atoms with E-state index in [-0.39, 0.29) is 11.6 Å². The number of furan rings is 1. The Morgan fingerprint density at radius 2 is 2.22 bits per heavy atom. The molecule has 6 nitrogen and oxygen atoms in total. The fourth-order valence-electron chi connectivity index (χ4n) is 3.95. The smallest absolute Gasteiger partial charge is 0.252 e. The van der Waals surface area contributed by atoms with Gasteiger partial charge in [-0.05, 0) is 42.1 Å². The number of nitrogens with zero attached hydrogens (tertiary/aromatic N) is 2. The van der Waals surface area contributed by atoms with Crippen molar-refractivity contribution < 1.29 is 4.42 Å². The van der Waals surface area contributed by atoms with Gasteiger partial charge in [0, 0.05) is 36.3 Å². The van der Waals surface area contributed by atoms with E-state index in [9.17, 15) is 4.79 Å². The van der Waals surface area contributed by atoms with E-state index in [0.29, 0.717) is 6.54 Å². The molecule has 0 aliphatic carbocycles. The molecule has 0 saturated heterocycles. The number of pyridine rings is 1. The van der Waals surface area contributed by atoms with Crippen molar-refractivity contribution in [3.05, 3.63) is 87.6 Å². The van der Waals surface area contributed by atoms with Crippen molar-refractivity contribution in [3.63, 3.8) is 0 Å². The van der Waals surface area contributed by atoms with Gasteiger partial charge >= 0.3 is 0 Å². The molecule has 0 unspecified atom stereocenters. The predicted octanol–water partition coefficient (Wildman–Crippen LogP) is 3.30. The summed E-state index contributed by atoms with van der Waals surface area (Å²) in [4.78, 5) is 25.7. The molecule has 2 N–H and O–H groups in total. The Kier molecular flexibility index (Phi) is 3.72. The Hall–Kier alpha value is -3.12. The summed E-state index contributed by atoms with van der Waals surface area (Å²) in [5.41, 5.74) is 4.83. The van der Waals surface area contributed by atoms with E-state index in [1.165, 1.54) is 0 Å². The number of rotatable bonds is 3.